The average molecular weight is 299 g/mol. The number of para-hydroxylation sites is 1. The highest BCUT2D eigenvalue weighted by Crippen LogP contribution is 2.13. The van der Waals surface area contributed by atoms with Crippen molar-refractivity contribution in [2.24, 2.45) is 0 Å². The summed E-state index contributed by atoms with van der Waals surface area (Å²) in [4.78, 5) is 23.4. The summed E-state index contributed by atoms with van der Waals surface area (Å²) in [5, 5.41) is 23.3. The summed E-state index contributed by atoms with van der Waals surface area (Å²) in [7, 11) is 0. The van der Waals surface area contributed by atoms with Crippen LogP contribution in [0, 0.1) is 11.3 Å². The Morgan fingerprint density at radius 1 is 1.27 bits per heavy atom. The Morgan fingerprint density at radius 3 is 2.73 bits per heavy atom. The van der Waals surface area contributed by atoms with Crippen molar-refractivity contribution in [1.29, 1.82) is 5.26 Å². The molecule has 112 valence electrons. The molecule has 0 aliphatic carbocycles. The molecule has 2 aromatic rings. The number of hydrogen-bond acceptors (Lipinski definition) is 5. The molecule has 2 amide bonds. The SMILES string of the molecule is N#Cc1ccccc1NC(=O)C(=O)NCC(O)c1ccoc1. The molecule has 0 spiro atoms. The third-order valence-electron chi connectivity index (χ3n) is 2.89. The second-order valence-electron chi connectivity index (χ2n) is 4.39. The fourth-order valence-corrected chi connectivity index (χ4v) is 1.72. The third kappa shape index (κ3) is 3.71. The van der Waals surface area contributed by atoms with Crippen molar-refractivity contribution in [3.8, 4) is 6.07 Å². The zero-order chi connectivity index (χ0) is 15.9. The summed E-state index contributed by atoms with van der Waals surface area (Å²) < 4.78 is 4.81. The van der Waals surface area contributed by atoms with Crippen LogP contribution < -0.4 is 10.6 Å². The maximum Gasteiger partial charge on any atom is 0.313 e. The van der Waals surface area contributed by atoms with Gasteiger partial charge in [-0.25, -0.2) is 0 Å². The van der Waals surface area contributed by atoms with E-state index in [0.29, 0.717) is 5.56 Å². The molecule has 1 unspecified atom stereocenters. The van der Waals surface area contributed by atoms with E-state index < -0.39 is 17.9 Å². The van der Waals surface area contributed by atoms with Gasteiger partial charge in [0.2, 0.25) is 0 Å². The molecule has 0 saturated carbocycles. The molecule has 7 heteroatoms. The summed E-state index contributed by atoms with van der Waals surface area (Å²) in [6.07, 6.45) is 1.77. The number of amides is 2. The van der Waals surface area contributed by atoms with Gasteiger partial charge in [-0.3, -0.25) is 9.59 Å². The number of nitrogens with one attached hydrogen (secondary N) is 2. The minimum atomic E-state index is -0.970. The molecule has 0 radical (unpaired) electrons. The first kappa shape index (κ1) is 15.3. The summed E-state index contributed by atoms with van der Waals surface area (Å²) in [5.41, 5.74) is 0.998. The van der Waals surface area contributed by atoms with Gasteiger partial charge in [0.1, 0.15) is 6.07 Å². The maximum atomic E-state index is 11.7. The number of aliphatic hydroxyl groups excluding tert-OH is 1. The molecule has 0 aliphatic rings. The predicted octanol–water partition coefficient (Wildman–Crippen LogP) is 0.940. The van der Waals surface area contributed by atoms with Crippen LogP contribution in [-0.4, -0.2) is 23.5 Å². The van der Waals surface area contributed by atoms with Gasteiger partial charge in [-0.1, -0.05) is 12.1 Å². The number of hydrogen-bond donors (Lipinski definition) is 3. The van der Waals surface area contributed by atoms with E-state index in [1.165, 1.54) is 24.7 Å². The van der Waals surface area contributed by atoms with Crippen molar-refractivity contribution in [3.63, 3.8) is 0 Å². The molecular formula is C15H13N3O4. The van der Waals surface area contributed by atoms with Gasteiger partial charge in [-0.2, -0.15) is 5.26 Å². The van der Waals surface area contributed by atoms with Gasteiger partial charge in [0.25, 0.3) is 0 Å². The summed E-state index contributed by atoms with van der Waals surface area (Å²) in [6, 6.07) is 9.79. The van der Waals surface area contributed by atoms with Crippen molar-refractivity contribution in [1.82, 2.24) is 5.32 Å². The molecule has 1 atom stereocenters. The van der Waals surface area contributed by atoms with E-state index in [1.807, 2.05) is 6.07 Å². The van der Waals surface area contributed by atoms with Crippen LogP contribution in [0.2, 0.25) is 0 Å². The quantitative estimate of drug-likeness (QED) is 0.727. The second kappa shape index (κ2) is 7.06. The summed E-state index contributed by atoms with van der Waals surface area (Å²) >= 11 is 0. The van der Waals surface area contributed by atoms with Crippen LogP contribution in [-0.2, 0) is 9.59 Å². The highest BCUT2D eigenvalue weighted by atomic mass is 16.3. The van der Waals surface area contributed by atoms with Gasteiger partial charge in [0, 0.05) is 12.1 Å². The lowest BCUT2D eigenvalue weighted by molar-refractivity contribution is -0.136. The van der Waals surface area contributed by atoms with Crippen LogP contribution in [0.25, 0.3) is 0 Å². The topological polar surface area (TPSA) is 115 Å². The monoisotopic (exact) mass is 299 g/mol. The third-order valence-corrected chi connectivity index (χ3v) is 2.89. The van der Waals surface area contributed by atoms with E-state index in [0.717, 1.165) is 0 Å². The average Bonchev–Trinajstić information content (AvgIpc) is 3.07. The van der Waals surface area contributed by atoms with E-state index in [9.17, 15) is 14.7 Å². The molecule has 22 heavy (non-hydrogen) atoms. The highest BCUT2D eigenvalue weighted by molar-refractivity contribution is 6.39. The number of rotatable bonds is 4. The van der Waals surface area contributed by atoms with E-state index in [2.05, 4.69) is 10.6 Å². The standard InChI is InChI=1S/C15H13N3O4/c16-7-10-3-1-2-4-12(10)18-15(21)14(20)17-8-13(19)11-5-6-22-9-11/h1-6,9,13,19H,8H2,(H,17,20)(H,18,21). The molecule has 1 aromatic carbocycles. The van der Waals surface area contributed by atoms with Crippen molar-refractivity contribution < 1.29 is 19.1 Å². The normalized spacial score (nSPS) is 11.3. The molecule has 1 aromatic heterocycles. The number of benzene rings is 1. The molecule has 0 fully saturated rings. The Kier molecular flexibility index (Phi) is 4.90. The van der Waals surface area contributed by atoms with Crippen LogP contribution >= 0.6 is 0 Å². The van der Waals surface area contributed by atoms with Crippen LogP contribution in [0.5, 0.6) is 0 Å². The van der Waals surface area contributed by atoms with Crippen LogP contribution in [0.3, 0.4) is 0 Å². The molecule has 3 N–H and O–H groups in total. The summed E-state index contributed by atoms with van der Waals surface area (Å²) in [6.45, 7) is -0.133. The minimum absolute atomic E-state index is 0.133. The fraction of sp³-hybridized carbons (Fsp3) is 0.133. The number of anilines is 1. The van der Waals surface area contributed by atoms with E-state index >= 15 is 0 Å². The molecular weight excluding hydrogens is 286 g/mol. The Morgan fingerprint density at radius 2 is 2.05 bits per heavy atom. The Balaban J connectivity index is 1.90. The fourth-order valence-electron chi connectivity index (χ4n) is 1.72. The lowest BCUT2D eigenvalue weighted by atomic mass is 10.2. The highest BCUT2D eigenvalue weighted by Gasteiger charge is 2.17. The summed E-state index contributed by atoms with van der Waals surface area (Å²) in [5.74, 6) is -1.82. The molecule has 1 heterocycles. The van der Waals surface area contributed by atoms with Crippen molar-refractivity contribution in [3.05, 3.63) is 54.0 Å². The van der Waals surface area contributed by atoms with Gasteiger partial charge >= 0.3 is 11.8 Å². The zero-order valence-corrected chi connectivity index (χ0v) is 11.4. The number of nitriles is 1. The second-order valence-corrected chi connectivity index (χ2v) is 4.39. The van der Waals surface area contributed by atoms with Crippen molar-refractivity contribution in [2.75, 3.05) is 11.9 Å². The largest absolute Gasteiger partial charge is 0.472 e. The lowest BCUT2D eigenvalue weighted by Crippen LogP contribution is -2.37. The first-order valence-electron chi connectivity index (χ1n) is 6.40. The van der Waals surface area contributed by atoms with Gasteiger partial charge < -0.3 is 20.2 Å². The first-order valence-corrected chi connectivity index (χ1v) is 6.40. The molecule has 0 bridgehead atoms. The van der Waals surface area contributed by atoms with Crippen LogP contribution in [0.15, 0.2) is 47.3 Å². The minimum Gasteiger partial charge on any atom is -0.472 e. The van der Waals surface area contributed by atoms with Gasteiger partial charge in [-0.15, -0.1) is 0 Å². The lowest BCUT2D eigenvalue weighted by Gasteiger charge is -2.10. The molecule has 7 nitrogen and oxygen atoms in total. The molecule has 2 rings (SSSR count). The number of aliphatic hydroxyl groups is 1. The van der Waals surface area contributed by atoms with E-state index in [4.69, 9.17) is 9.68 Å². The first-order chi connectivity index (χ1) is 10.6. The van der Waals surface area contributed by atoms with Gasteiger partial charge in [0.15, 0.2) is 0 Å². The Bertz CT molecular complexity index is 704. The predicted molar refractivity (Wildman–Crippen MR) is 76.5 cm³/mol. The number of carbonyl (C=O) groups excluding carboxylic acids is 2. The smallest absolute Gasteiger partial charge is 0.313 e. The Hall–Kier alpha value is -3.11. The van der Waals surface area contributed by atoms with Crippen LogP contribution in [0.1, 0.15) is 17.2 Å². The van der Waals surface area contributed by atoms with Crippen molar-refractivity contribution >= 4 is 17.5 Å². The molecule has 0 aliphatic heterocycles. The molecule has 0 saturated heterocycles. The maximum absolute atomic E-state index is 11.7. The zero-order valence-electron chi connectivity index (χ0n) is 11.4. The number of furan rings is 1. The Labute approximate surface area is 126 Å². The van der Waals surface area contributed by atoms with E-state index in [-0.39, 0.29) is 17.8 Å². The van der Waals surface area contributed by atoms with E-state index in [1.54, 1.807) is 18.2 Å². The van der Waals surface area contributed by atoms with Crippen LogP contribution in [0.4, 0.5) is 5.69 Å². The number of carbonyl (C=O) groups is 2. The van der Waals surface area contributed by atoms with Crippen molar-refractivity contribution in [2.45, 2.75) is 6.10 Å². The number of nitrogens with zero attached hydrogens (tertiary/aromatic N) is 1. The van der Waals surface area contributed by atoms with Gasteiger partial charge in [0.05, 0.1) is 29.9 Å². The van der Waals surface area contributed by atoms with Gasteiger partial charge in [-0.05, 0) is 18.2 Å².